The molecule has 2 saturated heterocycles. The Morgan fingerprint density at radius 1 is 1.40 bits per heavy atom. The second kappa shape index (κ2) is 7.15. The number of fused-ring (bicyclic) bond motifs is 1. The fraction of sp³-hybridized carbons (Fsp3) is 0.529. The number of morpholine rings is 1. The lowest BCUT2D eigenvalue weighted by Crippen LogP contribution is -2.61. The van der Waals surface area contributed by atoms with Gasteiger partial charge >= 0.3 is 0 Å². The van der Waals surface area contributed by atoms with E-state index in [-0.39, 0.29) is 18.1 Å². The van der Waals surface area contributed by atoms with E-state index in [1.54, 1.807) is 23.7 Å². The molecule has 7 nitrogen and oxygen atoms in total. The number of carbonyl (C=O) groups is 1. The van der Waals surface area contributed by atoms with Crippen LogP contribution in [0.4, 0.5) is 0 Å². The molecule has 8 heteroatoms. The monoisotopic (exact) mass is 359 g/mol. The number of thiazole rings is 1. The minimum absolute atomic E-state index is 0.0538. The van der Waals surface area contributed by atoms with Crippen molar-refractivity contribution in [2.24, 2.45) is 0 Å². The Bertz CT molecular complexity index is 738. The van der Waals surface area contributed by atoms with Gasteiger partial charge in [-0.2, -0.15) is 0 Å². The number of hydrogen-bond acceptors (Lipinski definition) is 7. The highest BCUT2D eigenvalue weighted by Gasteiger charge is 2.39. The molecule has 2 aliphatic rings. The molecule has 0 aromatic carbocycles. The predicted molar refractivity (Wildman–Crippen MR) is 93.3 cm³/mol. The zero-order chi connectivity index (χ0) is 17.2. The van der Waals surface area contributed by atoms with Gasteiger partial charge in [-0.1, -0.05) is 0 Å². The lowest BCUT2D eigenvalue weighted by atomic mass is 9.98. The summed E-state index contributed by atoms with van der Waals surface area (Å²) < 4.78 is 5.93. The lowest BCUT2D eigenvalue weighted by Gasteiger charge is -2.46. The van der Waals surface area contributed by atoms with Gasteiger partial charge in [0.15, 0.2) is 0 Å². The van der Waals surface area contributed by atoms with E-state index in [1.807, 2.05) is 11.8 Å². The van der Waals surface area contributed by atoms with Crippen LogP contribution < -0.4 is 0 Å². The van der Waals surface area contributed by atoms with Crippen molar-refractivity contribution in [1.29, 1.82) is 0 Å². The lowest BCUT2D eigenvalue weighted by molar-refractivity contribution is -0.0915. The Balaban J connectivity index is 1.48. The van der Waals surface area contributed by atoms with Gasteiger partial charge in [-0.05, 0) is 13.3 Å². The number of piperidine rings is 1. The molecule has 0 N–H and O–H groups in total. The molecule has 132 valence electrons. The van der Waals surface area contributed by atoms with Gasteiger partial charge < -0.3 is 9.64 Å². The number of amides is 1. The molecule has 4 rings (SSSR count). The van der Waals surface area contributed by atoms with Gasteiger partial charge in [0.2, 0.25) is 0 Å². The smallest absolute Gasteiger partial charge is 0.274 e. The molecule has 2 aromatic rings. The first-order valence-electron chi connectivity index (χ1n) is 8.52. The van der Waals surface area contributed by atoms with Gasteiger partial charge in [-0.15, -0.1) is 11.3 Å². The highest BCUT2D eigenvalue weighted by molar-refractivity contribution is 7.09. The molecule has 0 radical (unpaired) electrons. The highest BCUT2D eigenvalue weighted by atomic mass is 32.1. The number of aryl methyl sites for hydroxylation is 1. The number of aromatic nitrogens is 3. The maximum Gasteiger partial charge on any atom is 0.274 e. The summed E-state index contributed by atoms with van der Waals surface area (Å²) in [6, 6.07) is 0.0538. The first-order valence-corrected chi connectivity index (χ1v) is 9.40. The zero-order valence-electron chi connectivity index (χ0n) is 14.2. The third-order valence-electron chi connectivity index (χ3n) is 4.74. The molecule has 2 aromatic heterocycles. The Morgan fingerprint density at radius 3 is 3.08 bits per heavy atom. The van der Waals surface area contributed by atoms with E-state index in [2.05, 4.69) is 25.2 Å². The molecule has 2 fully saturated rings. The van der Waals surface area contributed by atoms with E-state index in [1.165, 1.54) is 6.20 Å². The van der Waals surface area contributed by atoms with Crippen molar-refractivity contribution in [3.8, 4) is 0 Å². The first kappa shape index (κ1) is 16.6. The average Bonchev–Trinajstić information content (AvgIpc) is 3.06. The van der Waals surface area contributed by atoms with E-state index in [0.29, 0.717) is 18.8 Å². The van der Waals surface area contributed by atoms with E-state index >= 15 is 0 Å². The van der Waals surface area contributed by atoms with Gasteiger partial charge in [0.25, 0.3) is 5.91 Å². The van der Waals surface area contributed by atoms with Gasteiger partial charge in [-0.25, -0.2) is 9.97 Å². The van der Waals surface area contributed by atoms with Crippen LogP contribution in [-0.4, -0.2) is 69.0 Å². The quantitative estimate of drug-likeness (QED) is 0.824. The Morgan fingerprint density at radius 2 is 2.32 bits per heavy atom. The first-order chi connectivity index (χ1) is 12.2. The number of nitrogens with zero attached hydrogens (tertiary/aromatic N) is 5. The van der Waals surface area contributed by atoms with Crippen molar-refractivity contribution < 1.29 is 9.53 Å². The van der Waals surface area contributed by atoms with Crippen molar-refractivity contribution in [3.05, 3.63) is 40.4 Å². The molecule has 0 unspecified atom stereocenters. The Kier molecular flexibility index (Phi) is 4.74. The molecule has 1 amide bonds. The molecule has 4 heterocycles. The van der Waals surface area contributed by atoms with Crippen LogP contribution in [0.1, 0.15) is 27.6 Å². The van der Waals surface area contributed by atoms with Crippen LogP contribution in [-0.2, 0) is 11.3 Å². The van der Waals surface area contributed by atoms with E-state index < -0.39 is 0 Å². The summed E-state index contributed by atoms with van der Waals surface area (Å²) in [5, 5.41) is 3.20. The summed E-state index contributed by atoms with van der Waals surface area (Å²) in [5.41, 5.74) is 1.46. The standard InChI is InChI=1S/C17H21N5O2S/c1-12-11-25-16(20-12)10-21-5-2-15-14(9-21)22(6-7-24-15)17(23)13-8-18-3-4-19-13/h3-4,8,11,14-15H,2,5-7,9-10H2,1H3/t14-,15-/m1/s1. The number of likely N-dealkylation sites (tertiary alicyclic amines) is 1. The third kappa shape index (κ3) is 3.56. The number of carbonyl (C=O) groups excluding carboxylic acids is 1. The largest absolute Gasteiger partial charge is 0.374 e. The molecular weight excluding hydrogens is 338 g/mol. The van der Waals surface area contributed by atoms with Crippen LogP contribution in [0.5, 0.6) is 0 Å². The van der Waals surface area contributed by atoms with E-state index in [9.17, 15) is 4.79 Å². The van der Waals surface area contributed by atoms with Gasteiger partial charge in [0.05, 0.1) is 31.5 Å². The molecule has 0 spiro atoms. The molecule has 0 aliphatic carbocycles. The normalized spacial score (nSPS) is 24.1. The van der Waals surface area contributed by atoms with E-state index in [0.717, 1.165) is 36.8 Å². The predicted octanol–water partition coefficient (Wildman–Crippen LogP) is 1.36. The van der Waals surface area contributed by atoms with Gasteiger partial charge in [0.1, 0.15) is 10.7 Å². The van der Waals surface area contributed by atoms with Crippen LogP contribution in [0, 0.1) is 6.92 Å². The van der Waals surface area contributed by atoms with Gasteiger partial charge in [-0.3, -0.25) is 14.7 Å². The summed E-state index contributed by atoms with van der Waals surface area (Å²) in [6.45, 7) is 5.79. The summed E-state index contributed by atoms with van der Waals surface area (Å²) in [7, 11) is 0. The Labute approximate surface area is 150 Å². The van der Waals surface area contributed by atoms with Crippen LogP contribution in [0.25, 0.3) is 0 Å². The summed E-state index contributed by atoms with van der Waals surface area (Å²) >= 11 is 1.69. The third-order valence-corrected chi connectivity index (χ3v) is 5.69. The van der Waals surface area contributed by atoms with Crippen molar-refractivity contribution in [2.75, 3.05) is 26.2 Å². The number of hydrogen-bond donors (Lipinski definition) is 0. The maximum atomic E-state index is 12.9. The summed E-state index contributed by atoms with van der Waals surface area (Å²) in [4.78, 5) is 29.9. The molecule has 0 saturated carbocycles. The van der Waals surface area contributed by atoms with Crippen molar-refractivity contribution in [3.63, 3.8) is 0 Å². The average molecular weight is 359 g/mol. The molecule has 2 atom stereocenters. The van der Waals surface area contributed by atoms with Gasteiger partial charge in [0, 0.05) is 43.1 Å². The molecule has 2 aliphatic heterocycles. The van der Waals surface area contributed by atoms with Crippen LogP contribution in [0.3, 0.4) is 0 Å². The van der Waals surface area contributed by atoms with Crippen molar-refractivity contribution >= 4 is 17.2 Å². The van der Waals surface area contributed by atoms with Crippen molar-refractivity contribution in [2.45, 2.75) is 32.0 Å². The molecular formula is C17H21N5O2S. The number of rotatable bonds is 3. The summed E-state index contributed by atoms with van der Waals surface area (Å²) in [5.74, 6) is -0.0571. The van der Waals surface area contributed by atoms with Crippen LogP contribution >= 0.6 is 11.3 Å². The SMILES string of the molecule is Cc1csc(CN2CC[C@H]3OCCN(C(=O)c4cnccn4)[C@@H]3C2)n1. The second-order valence-electron chi connectivity index (χ2n) is 6.47. The van der Waals surface area contributed by atoms with Crippen molar-refractivity contribution in [1.82, 2.24) is 24.8 Å². The summed E-state index contributed by atoms with van der Waals surface area (Å²) in [6.07, 6.45) is 5.70. The van der Waals surface area contributed by atoms with Crippen LogP contribution in [0.15, 0.2) is 24.0 Å². The zero-order valence-corrected chi connectivity index (χ0v) is 15.0. The fourth-order valence-electron chi connectivity index (χ4n) is 3.56. The number of ether oxygens (including phenoxy) is 1. The minimum Gasteiger partial charge on any atom is -0.374 e. The minimum atomic E-state index is -0.0571. The molecule has 25 heavy (non-hydrogen) atoms. The fourth-order valence-corrected chi connectivity index (χ4v) is 4.37. The Hall–Kier alpha value is -1.90. The maximum absolute atomic E-state index is 12.9. The topological polar surface area (TPSA) is 71.5 Å². The van der Waals surface area contributed by atoms with E-state index in [4.69, 9.17) is 4.74 Å². The van der Waals surface area contributed by atoms with Crippen LogP contribution in [0.2, 0.25) is 0 Å². The second-order valence-corrected chi connectivity index (χ2v) is 7.41. The highest BCUT2D eigenvalue weighted by Crippen LogP contribution is 2.25. The molecule has 0 bridgehead atoms.